The molecule has 4 nitrogen and oxygen atoms in total. The van der Waals surface area contributed by atoms with Gasteiger partial charge in [0.1, 0.15) is 11.9 Å². The van der Waals surface area contributed by atoms with Gasteiger partial charge in [0.25, 0.3) is 0 Å². The average Bonchev–Trinajstić information content (AvgIpc) is 2.36. The largest absolute Gasteiger partial charge is 0.374 e. The second-order valence-corrected chi connectivity index (χ2v) is 3.78. The molecule has 0 aliphatic heterocycles. The first kappa shape index (κ1) is 13.5. The number of benzene rings is 1. The summed E-state index contributed by atoms with van der Waals surface area (Å²) >= 11 is 5.32. The summed E-state index contributed by atoms with van der Waals surface area (Å²) < 4.78 is 0. The number of rotatable bonds is 5. The third kappa shape index (κ3) is 4.44. The van der Waals surface area contributed by atoms with Gasteiger partial charge in [-0.05, 0) is 18.6 Å². The number of carbonyl (C=O) groups excluding carboxylic acids is 2. The number of alkyl halides is 1. The van der Waals surface area contributed by atoms with E-state index >= 15 is 0 Å². The number of nitrogens with one attached hydrogen (secondary N) is 2. The van der Waals surface area contributed by atoms with Crippen molar-refractivity contribution in [1.82, 2.24) is 5.32 Å². The fraction of sp³-hybridized carbons (Fsp3) is 0.333. The molecule has 0 fully saturated rings. The Bertz CT molecular complexity index is 381. The minimum absolute atomic E-state index is 0.215. The van der Waals surface area contributed by atoms with Crippen LogP contribution in [0.1, 0.15) is 13.3 Å². The van der Waals surface area contributed by atoms with Crippen molar-refractivity contribution in [3.05, 3.63) is 30.3 Å². The van der Waals surface area contributed by atoms with Gasteiger partial charge in [-0.25, -0.2) is 0 Å². The van der Waals surface area contributed by atoms with Crippen molar-refractivity contribution in [3.8, 4) is 0 Å². The lowest BCUT2D eigenvalue weighted by molar-refractivity contribution is -0.129. The highest BCUT2D eigenvalue weighted by molar-refractivity contribution is 6.28. The Labute approximate surface area is 105 Å². The van der Waals surface area contributed by atoms with Crippen LogP contribution in [0.15, 0.2) is 30.3 Å². The van der Waals surface area contributed by atoms with Crippen LogP contribution in [0.4, 0.5) is 5.69 Å². The van der Waals surface area contributed by atoms with Crippen LogP contribution in [-0.4, -0.2) is 23.7 Å². The van der Waals surface area contributed by atoms with Crippen molar-refractivity contribution in [1.29, 1.82) is 0 Å². The van der Waals surface area contributed by atoms with E-state index in [4.69, 9.17) is 11.6 Å². The normalized spacial score (nSPS) is 11.6. The topological polar surface area (TPSA) is 58.2 Å². The Morgan fingerprint density at radius 1 is 1.29 bits per heavy atom. The molecule has 2 N–H and O–H groups in total. The van der Waals surface area contributed by atoms with Crippen molar-refractivity contribution in [2.75, 3.05) is 11.2 Å². The second-order valence-electron chi connectivity index (χ2n) is 3.52. The number of hydrogen-bond donors (Lipinski definition) is 2. The fourth-order valence-electron chi connectivity index (χ4n) is 1.35. The van der Waals surface area contributed by atoms with Gasteiger partial charge in [-0.2, -0.15) is 0 Å². The highest BCUT2D eigenvalue weighted by atomic mass is 35.5. The van der Waals surface area contributed by atoms with Crippen LogP contribution in [0, 0.1) is 0 Å². The molecule has 0 radical (unpaired) electrons. The quantitative estimate of drug-likeness (QED) is 0.788. The van der Waals surface area contributed by atoms with E-state index in [1.165, 1.54) is 0 Å². The summed E-state index contributed by atoms with van der Waals surface area (Å²) in [5, 5.41) is 5.28. The molecule has 0 heterocycles. The summed E-state index contributed by atoms with van der Waals surface area (Å²) in [6.07, 6.45) is 0.580. The van der Waals surface area contributed by atoms with Crippen LogP contribution in [0.5, 0.6) is 0 Å². The van der Waals surface area contributed by atoms with Crippen LogP contribution >= 0.6 is 11.6 Å². The van der Waals surface area contributed by atoms with Gasteiger partial charge >= 0.3 is 0 Å². The van der Waals surface area contributed by atoms with Gasteiger partial charge in [0.15, 0.2) is 0 Å². The van der Waals surface area contributed by atoms with E-state index in [0.29, 0.717) is 6.42 Å². The molecule has 0 aliphatic carbocycles. The predicted octanol–water partition coefficient (Wildman–Crippen LogP) is 1.76. The van der Waals surface area contributed by atoms with Gasteiger partial charge in [-0.1, -0.05) is 25.1 Å². The van der Waals surface area contributed by atoms with Crippen LogP contribution in [0.25, 0.3) is 0 Å². The second kappa shape index (κ2) is 6.91. The number of para-hydroxylation sites is 1. The molecule has 0 aliphatic rings. The third-order valence-corrected chi connectivity index (χ3v) is 2.47. The molecule has 0 bridgehead atoms. The molecular weight excluding hydrogens is 240 g/mol. The number of halogens is 1. The maximum Gasteiger partial charge on any atom is 0.249 e. The monoisotopic (exact) mass is 254 g/mol. The van der Waals surface area contributed by atoms with E-state index < -0.39 is 11.9 Å². The molecule has 0 aromatic heterocycles. The summed E-state index contributed by atoms with van der Waals surface area (Å²) in [5.41, 5.74) is 0.841. The van der Waals surface area contributed by atoms with Crippen molar-refractivity contribution in [2.45, 2.75) is 19.4 Å². The maximum atomic E-state index is 11.7. The SMILES string of the molecule is CCC(Nc1ccccc1)C(=O)NC(=O)CCl. The number of hydrogen-bond acceptors (Lipinski definition) is 3. The molecule has 1 atom stereocenters. The lowest BCUT2D eigenvalue weighted by Crippen LogP contribution is -2.42. The van der Waals surface area contributed by atoms with Crippen molar-refractivity contribution >= 4 is 29.1 Å². The summed E-state index contributed by atoms with van der Waals surface area (Å²) in [5.74, 6) is -1.06. The van der Waals surface area contributed by atoms with Crippen LogP contribution in [0.3, 0.4) is 0 Å². The van der Waals surface area contributed by atoms with E-state index in [0.717, 1.165) is 5.69 Å². The first-order valence-corrected chi connectivity index (χ1v) is 5.92. The Hall–Kier alpha value is -1.55. The molecule has 2 amide bonds. The van der Waals surface area contributed by atoms with Crippen LogP contribution in [0.2, 0.25) is 0 Å². The molecule has 17 heavy (non-hydrogen) atoms. The van der Waals surface area contributed by atoms with Crippen molar-refractivity contribution in [2.24, 2.45) is 0 Å². The number of anilines is 1. The van der Waals surface area contributed by atoms with Gasteiger partial charge in [-0.3, -0.25) is 14.9 Å². The smallest absolute Gasteiger partial charge is 0.249 e. The zero-order chi connectivity index (χ0) is 12.7. The van der Waals surface area contributed by atoms with Crippen LogP contribution in [-0.2, 0) is 9.59 Å². The minimum atomic E-state index is -0.482. The fourth-order valence-corrected chi connectivity index (χ4v) is 1.41. The standard InChI is InChI=1S/C12H15ClN2O2/c1-2-10(12(17)15-11(16)8-13)14-9-6-4-3-5-7-9/h3-7,10,14H,2,8H2,1H3,(H,15,16,17). The van der Waals surface area contributed by atoms with Gasteiger partial charge in [0.2, 0.25) is 11.8 Å². The molecule has 0 saturated heterocycles. The highest BCUT2D eigenvalue weighted by Gasteiger charge is 2.17. The zero-order valence-electron chi connectivity index (χ0n) is 9.57. The van der Waals surface area contributed by atoms with Gasteiger partial charge in [0.05, 0.1) is 0 Å². The Morgan fingerprint density at radius 2 is 1.94 bits per heavy atom. The number of imide groups is 1. The Morgan fingerprint density at radius 3 is 2.47 bits per heavy atom. The molecule has 92 valence electrons. The average molecular weight is 255 g/mol. The maximum absolute atomic E-state index is 11.7. The first-order valence-electron chi connectivity index (χ1n) is 5.38. The molecule has 5 heteroatoms. The molecule has 1 aromatic rings. The first-order chi connectivity index (χ1) is 8.17. The van der Waals surface area contributed by atoms with Crippen LogP contribution < -0.4 is 10.6 Å². The van der Waals surface area contributed by atoms with E-state index in [2.05, 4.69) is 10.6 Å². The Balaban J connectivity index is 2.59. The van der Waals surface area contributed by atoms with E-state index in [1.54, 1.807) is 0 Å². The van der Waals surface area contributed by atoms with E-state index in [-0.39, 0.29) is 11.8 Å². The molecule has 1 unspecified atom stereocenters. The van der Waals surface area contributed by atoms with Gasteiger partial charge in [-0.15, -0.1) is 11.6 Å². The van der Waals surface area contributed by atoms with E-state index in [9.17, 15) is 9.59 Å². The minimum Gasteiger partial charge on any atom is -0.374 e. The summed E-state index contributed by atoms with van der Waals surface area (Å²) in [4.78, 5) is 22.7. The molecular formula is C12H15ClN2O2. The zero-order valence-corrected chi connectivity index (χ0v) is 10.3. The number of carbonyl (C=O) groups is 2. The van der Waals surface area contributed by atoms with Crippen molar-refractivity contribution in [3.63, 3.8) is 0 Å². The van der Waals surface area contributed by atoms with Gasteiger partial charge in [0, 0.05) is 5.69 Å². The third-order valence-electron chi connectivity index (χ3n) is 2.22. The summed E-state index contributed by atoms with van der Waals surface area (Å²) in [6.45, 7) is 1.87. The van der Waals surface area contributed by atoms with Crippen molar-refractivity contribution < 1.29 is 9.59 Å². The molecule has 0 spiro atoms. The molecule has 1 rings (SSSR count). The highest BCUT2D eigenvalue weighted by Crippen LogP contribution is 2.08. The molecule has 1 aromatic carbocycles. The molecule has 0 saturated carbocycles. The summed E-state index contributed by atoms with van der Waals surface area (Å²) in [7, 11) is 0. The Kier molecular flexibility index (Phi) is 5.49. The lowest BCUT2D eigenvalue weighted by Gasteiger charge is -2.16. The van der Waals surface area contributed by atoms with Gasteiger partial charge < -0.3 is 5.32 Å². The predicted molar refractivity (Wildman–Crippen MR) is 68.0 cm³/mol. The van der Waals surface area contributed by atoms with E-state index in [1.807, 2.05) is 37.3 Å². The number of amides is 2. The lowest BCUT2D eigenvalue weighted by atomic mass is 10.2. The summed E-state index contributed by atoms with van der Waals surface area (Å²) in [6, 6.07) is 8.92.